The topological polar surface area (TPSA) is 20.2 Å². The molecule has 2 rings (SSSR count). The zero-order valence-electron chi connectivity index (χ0n) is 9.20. The van der Waals surface area contributed by atoms with E-state index in [9.17, 15) is 5.11 Å². The van der Waals surface area contributed by atoms with E-state index >= 15 is 0 Å². The molecule has 16 heavy (non-hydrogen) atoms. The molecule has 0 spiro atoms. The van der Waals surface area contributed by atoms with Gasteiger partial charge in [0.05, 0.1) is 4.34 Å². The van der Waals surface area contributed by atoms with Crippen molar-refractivity contribution in [1.82, 2.24) is 0 Å². The Morgan fingerprint density at radius 3 is 2.44 bits per heavy atom. The summed E-state index contributed by atoms with van der Waals surface area (Å²) in [5.74, 6) is 0. The fourth-order valence-electron chi connectivity index (χ4n) is 1.83. The summed E-state index contributed by atoms with van der Waals surface area (Å²) in [4.78, 5) is 0.867. The predicted octanol–water partition coefficient (Wildman–Crippen LogP) is 3.97. The highest BCUT2D eigenvalue weighted by atomic mass is 35.5. The zero-order chi connectivity index (χ0) is 11.8. The van der Waals surface area contributed by atoms with E-state index in [0.29, 0.717) is 4.34 Å². The van der Waals surface area contributed by atoms with Crippen LogP contribution in [-0.2, 0) is 5.60 Å². The highest BCUT2D eigenvalue weighted by molar-refractivity contribution is 7.16. The second-order valence-corrected chi connectivity index (χ2v) is 5.71. The molecule has 84 valence electrons. The van der Waals surface area contributed by atoms with Crippen molar-refractivity contribution in [3.63, 3.8) is 0 Å². The van der Waals surface area contributed by atoms with Gasteiger partial charge in [-0.2, -0.15) is 0 Å². The maximum Gasteiger partial charge on any atom is 0.121 e. The summed E-state index contributed by atoms with van der Waals surface area (Å²) in [7, 11) is 0. The van der Waals surface area contributed by atoms with Crippen molar-refractivity contribution < 1.29 is 5.11 Å². The van der Waals surface area contributed by atoms with E-state index in [1.54, 1.807) is 6.92 Å². The third-order valence-electron chi connectivity index (χ3n) is 2.72. The summed E-state index contributed by atoms with van der Waals surface area (Å²) < 4.78 is 0.698. The minimum absolute atomic E-state index is 0.698. The molecule has 1 nitrogen and oxygen atoms in total. The first-order valence-electron chi connectivity index (χ1n) is 5.06. The van der Waals surface area contributed by atoms with Crippen LogP contribution in [0.25, 0.3) is 0 Å². The quantitative estimate of drug-likeness (QED) is 0.858. The fraction of sp³-hybridized carbons (Fsp3) is 0.231. The van der Waals surface area contributed by atoms with Crippen LogP contribution < -0.4 is 0 Å². The second-order valence-electron chi connectivity index (χ2n) is 3.99. The highest BCUT2D eigenvalue weighted by Gasteiger charge is 2.28. The van der Waals surface area contributed by atoms with Crippen molar-refractivity contribution >= 4 is 22.9 Å². The molecule has 3 heteroatoms. The molecule has 0 radical (unpaired) electrons. The first-order valence-corrected chi connectivity index (χ1v) is 6.25. The fourth-order valence-corrected chi connectivity index (χ4v) is 2.93. The van der Waals surface area contributed by atoms with Gasteiger partial charge in [-0.1, -0.05) is 35.9 Å². The molecule has 1 heterocycles. The molecule has 1 unspecified atom stereocenters. The monoisotopic (exact) mass is 252 g/mol. The van der Waals surface area contributed by atoms with Crippen LogP contribution in [0.2, 0.25) is 4.34 Å². The van der Waals surface area contributed by atoms with Crippen molar-refractivity contribution in [3.05, 3.63) is 56.7 Å². The van der Waals surface area contributed by atoms with Gasteiger partial charge in [0.2, 0.25) is 0 Å². The molecule has 0 amide bonds. The Kier molecular flexibility index (Phi) is 3.06. The first kappa shape index (κ1) is 11.6. The number of hydrogen-bond acceptors (Lipinski definition) is 2. The number of aryl methyl sites for hydroxylation is 1. The molecule has 1 aromatic carbocycles. The lowest BCUT2D eigenvalue weighted by Gasteiger charge is -2.24. The molecule has 0 aliphatic carbocycles. The number of thiophene rings is 1. The van der Waals surface area contributed by atoms with Crippen molar-refractivity contribution in [2.24, 2.45) is 0 Å². The molecular formula is C13H13ClOS. The molecule has 0 bridgehead atoms. The SMILES string of the molecule is Cc1ccccc1C(C)(O)c1ccc(Cl)s1. The van der Waals surface area contributed by atoms with Crippen LogP contribution in [0.3, 0.4) is 0 Å². The summed E-state index contributed by atoms with van der Waals surface area (Å²) in [6.07, 6.45) is 0. The van der Waals surface area contributed by atoms with Gasteiger partial charge in [0.15, 0.2) is 0 Å². The minimum atomic E-state index is -0.969. The third-order valence-corrected chi connectivity index (χ3v) is 4.16. The van der Waals surface area contributed by atoms with Gasteiger partial charge in [0, 0.05) is 4.88 Å². The van der Waals surface area contributed by atoms with Crippen LogP contribution in [0.15, 0.2) is 36.4 Å². The van der Waals surface area contributed by atoms with Gasteiger partial charge in [0.1, 0.15) is 5.60 Å². The Labute approximate surface area is 104 Å². The Balaban J connectivity index is 2.50. The van der Waals surface area contributed by atoms with Gasteiger partial charge in [0.25, 0.3) is 0 Å². The maximum atomic E-state index is 10.6. The number of halogens is 1. The Bertz CT molecular complexity index is 502. The van der Waals surface area contributed by atoms with Crippen LogP contribution in [0.4, 0.5) is 0 Å². The van der Waals surface area contributed by atoms with E-state index in [1.165, 1.54) is 11.3 Å². The minimum Gasteiger partial charge on any atom is -0.380 e. The first-order chi connectivity index (χ1) is 7.51. The van der Waals surface area contributed by atoms with E-state index in [2.05, 4.69) is 0 Å². The number of hydrogen-bond donors (Lipinski definition) is 1. The summed E-state index contributed by atoms with van der Waals surface area (Å²) in [6, 6.07) is 11.5. The van der Waals surface area contributed by atoms with Crippen molar-refractivity contribution in [2.75, 3.05) is 0 Å². The molecular weight excluding hydrogens is 240 g/mol. The summed E-state index contributed by atoms with van der Waals surface area (Å²) in [6.45, 7) is 3.80. The Hall–Kier alpha value is -0.830. The van der Waals surface area contributed by atoms with E-state index in [0.717, 1.165) is 16.0 Å². The summed E-state index contributed by atoms with van der Waals surface area (Å²) in [5, 5.41) is 10.6. The van der Waals surface area contributed by atoms with Crippen LogP contribution in [0.1, 0.15) is 22.9 Å². The van der Waals surface area contributed by atoms with Crippen LogP contribution >= 0.6 is 22.9 Å². The smallest absolute Gasteiger partial charge is 0.121 e. The Morgan fingerprint density at radius 2 is 1.88 bits per heavy atom. The molecule has 1 atom stereocenters. The van der Waals surface area contributed by atoms with Crippen molar-refractivity contribution in [1.29, 1.82) is 0 Å². The highest BCUT2D eigenvalue weighted by Crippen LogP contribution is 2.36. The van der Waals surface area contributed by atoms with Crippen LogP contribution in [0.5, 0.6) is 0 Å². The third kappa shape index (κ3) is 2.01. The van der Waals surface area contributed by atoms with E-state index in [4.69, 9.17) is 11.6 Å². The average Bonchev–Trinajstić information content (AvgIpc) is 2.66. The van der Waals surface area contributed by atoms with Gasteiger partial charge < -0.3 is 5.11 Å². The van der Waals surface area contributed by atoms with Crippen molar-refractivity contribution in [2.45, 2.75) is 19.4 Å². The molecule has 0 saturated heterocycles. The Morgan fingerprint density at radius 1 is 1.19 bits per heavy atom. The van der Waals surface area contributed by atoms with Gasteiger partial charge >= 0.3 is 0 Å². The summed E-state index contributed by atoms with van der Waals surface area (Å²) in [5.41, 5.74) is 1.04. The van der Waals surface area contributed by atoms with Crippen LogP contribution in [0, 0.1) is 6.92 Å². The van der Waals surface area contributed by atoms with E-state index in [1.807, 2.05) is 43.3 Å². The molecule has 0 aliphatic heterocycles. The molecule has 0 fully saturated rings. The van der Waals surface area contributed by atoms with Gasteiger partial charge in [-0.25, -0.2) is 0 Å². The van der Waals surface area contributed by atoms with Crippen molar-refractivity contribution in [3.8, 4) is 0 Å². The molecule has 1 N–H and O–H groups in total. The van der Waals surface area contributed by atoms with Gasteiger partial charge in [-0.3, -0.25) is 0 Å². The van der Waals surface area contributed by atoms with E-state index < -0.39 is 5.60 Å². The lowest BCUT2D eigenvalue weighted by Crippen LogP contribution is -2.22. The largest absolute Gasteiger partial charge is 0.380 e. The maximum absolute atomic E-state index is 10.6. The molecule has 0 aliphatic rings. The number of rotatable bonds is 2. The molecule has 1 aromatic heterocycles. The van der Waals surface area contributed by atoms with Crippen LogP contribution in [-0.4, -0.2) is 5.11 Å². The number of benzene rings is 1. The predicted molar refractivity (Wildman–Crippen MR) is 69.2 cm³/mol. The zero-order valence-corrected chi connectivity index (χ0v) is 10.8. The van der Waals surface area contributed by atoms with Gasteiger partial charge in [-0.05, 0) is 37.1 Å². The lowest BCUT2D eigenvalue weighted by molar-refractivity contribution is 0.105. The second kappa shape index (κ2) is 4.21. The summed E-state index contributed by atoms with van der Waals surface area (Å²) >= 11 is 7.31. The lowest BCUT2D eigenvalue weighted by atomic mass is 9.91. The standard InChI is InChI=1S/C13H13ClOS/c1-9-5-3-4-6-10(9)13(2,15)11-7-8-12(14)16-11/h3-8,15H,1-2H3. The number of aliphatic hydroxyl groups is 1. The van der Waals surface area contributed by atoms with Gasteiger partial charge in [-0.15, -0.1) is 11.3 Å². The average molecular weight is 253 g/mol. The van der Waals surface area contributed by atoms with E-state index in [-0.39, 0.29) is 0 Å². The molecule has 0 saturated carbocycles. The molecule has 2 aromatic rings. The normalized spacial score (nSPS) is 14.8.